The van der Waals surface area contributed by atoms with Crippen LogP contribution in [-0.4, -0.2) is 16.3 Å². The molecule has 2 rings (SSSR count). The second-order valence-electron chi connectivity index (χ2n) is 5.13. The van der Waals surface area contributed by atoms with E-state index < -0.39 is 0 Å². The van der Waals surface area contributed by atoms with Crippen molar-refractivity contribution in [3.05, 3.63) is 17.5 Å². The molecule has 0 spiro atoms. The van der Waals surface area contributed by atoms with Crippen molar-refractivity contribution in [2.75, 3.05) is 6.54 Å². The van der Waals surface area contributed by atoms with E-state index in [1.807, 2.05) is 6.20 Å². The van der Waals surface area contributed by atoms with Gasteiger partial charge in [0.15, 0.2) is 0 Å². The van der Waals surface area contributed by atoms with Crippen molar-refractivity contribution in [3.63, 3.8) is 0 Å². The van der Waals surface area contributed by atoms with Gasteiger partial charge in [0.05, 0.1) is 12.2 Å². The van der Waals surface area contributed by atoms with E-state index in [0.29, 0.717) is 6.04 Å². The lowest BCUT2D eigenvalue weighted by Gasteiger charge is -2.17. The number of hydrogen-bond donors (Lipinski definition) is 1. The normalized spacial score (nSPS) is 18.2. The largest absolute Gasteiger partial charge is 0.313 e. The zero-order valence-corrected chi connectivity index (χ0v) is 11.2. The van der Waals surface area contributed by atoms with Gasteiger partial charge < -0.3 is 5.32 Å². The third kappa shape index (κ3) is 3.09. The van der Waals surface area contributed by atoms with Gasteiger partial charge in [-0.05, 0) is 26.3 Å². The summed E-state index contributed by atoms with van der Waals surface area (Å²) in [4.78, 5) is 0. The Labute approximate surface area is 105 Å². The Balaban J connectivity index is 2.06. The Morgan fingerprint density at radius 1 is 1.29 bits per heavy atom. The molecule has 1 aromatic rings. The molecule has 17 heavy (non-hydrogen) atoms. The Morgan fingerprint density at radius 2 is 2.00 bits per heavy atom. The molecule has 0 atom stereocenters. The van der Waals surface area contributed by atoms with Crippen LogP contribution in [0.3, 0.4) is 0 Å². The highest BCUT2D eigenvalue weighted by Crippen LogP contribution is 2.28. The third-order valence-electron chi connectivity index (χ3n) is 3.88. The second kappa shape index (κ2) is 6.20. The predicted molar refractivity (Wildman–Crippen MR) is 71.1 cm³/mol. The summed E-state index contributed by atoms with van der Waals surface area (Å²) in [5.74, 6) is 0. The SMILES string of the molecule is CCNCc1cnn(C2CCCCCC2)c1C. The minimum atomic E-state index is 0.646. The molecule has 3 heteroatoms. The number of aromatic nitrogens is 2. The summed E-state index contributed by atoms with van der Waals surface area (Å²) in [6.07, 6.45) is 10.2. The molecule has 1 fully saturated rings. The van der Waals surface area contributed by atoms with Gasteiger partial charge >= 0.3 is 0 Å². The maximum Gasteiger partial charge on any atom is 0.0537 e. The summed E-state index contributed by atoms with van der Waals surface area (Å²) in [5, 5.41) is 7.99. The number of nitrogens with one attached hydrogen (secondary N) is 1. The van der Waals surface area contributed by atoms with E-state index in [1.165, 1.54) is 49.8 Å². The van der Waals surface area contributed by atoms with E-state index in [9.17, 15) is 0 Å². The van der Waals surface area contributed by atoms with Crippen LogP contribution < -0.4 is 5.32 Å². The summed E-state index contributed by atoms with van der Waals surface area (Å²) in [5.41, 5.74) is 2.72. The summed E-state index contributed by atoms with van der Waals surface area (Å²) in [6, 6.07) is 0.646. The van der Waals surface area contributed by atoms with Gasteiger partial charge in [-0.15, -0.1) is 0 Å². The highest BCUT2D eigenvalue weighted by atomic mass is 15.3. The standard InChI is InChI=1S/C14H25N3/c1-3-15-10-13-11-16-17(12(13)2)14-8-6-4-5-7-9-14/h11,14-15H,3-10H2,1-2H3. The van der Waals surface area contributed by atoms with Crippen LogP contribution in [0.4, 0.5) is 0 Å². The van der Waals surface area contributed by atoms with Crippen LogP contribution >= 0.6 is 0 Å². The van der Waals surface area contributed by atoms with Crippen molar-refractivity contribution in [1.29, 1.82) is 0 Å². The van der Waals surface area contributed by atoms with Gasteiger partial charge in [0, 0.05) is 17.8 Å². The zero-order chi connectivity index (χ0) is 12.1. The van der Waals surface area contributed by atoms with Crippen LogP contribution in [0.15, 0.2) is 6.20 Å². The van der Waals surface area contributed by atoms with E-state index in [1.54, 1.807) is 0 Å². The van der Waals surface area contributed by atoms with Gasteiger partial charge in [-0.25, -0.2) is 0 Å². The quantitative estimate of drug-likeness (QED) is 0.812. The average Bonchev–Trinajstić information content (AvgIpc) is 2.58. The summed E-state index contributed by atoms with van der Waals surface area (Å²) in [6.45, 7) is 6.33. The topological polar surface area (TPSA) is 29.9 Å². The molecule has 1 aliphatic carbocycles. The van der Waals surface area contributed by atoms with Crippen LogP contribution in [0.2, 0.25) is 0 Å². The van der Waals surface area contributed by atoms with Crippen LogP contribution in [0, 0.1) is 6.92 Å². The van der Waals surface area contributed by atoms with Gasteiger partial charge in [-0.2, -0.15) is 5.10 Å². The third-order valence-corrected chi connectivity index (χ3v) is 3.88. The average molecular weight is 235 g/mol. The van der Waals surface area contributed by atoms with E-state index in [2.05, 4.69) is 28.9 Å². The Hall–Kier alpha value is -0.830. The maximum absolute atomic E-state index is 4.61. The molecule has 0 aliphatic heterocycles. The smallest absolute Gasteiger partial charge is 0.0537 e. The van der Waals surface area contributed by atoms with Gasteiger partial charge in [0.1, 0.15) is 0 Å². The van der Waals surface area contributed by atoms with Crippen molar-refractivity contribution in [1.82, 2.24) is 15.1 Å². The Morgan fingerprint density at radius 3 is 2.65 bits per heavy atom. The predicted octanol–water partition coefficient (Wildman–Crippen LogP) is 3.20. The lowest BCUT2D eigenvalue weighted by atomic mass is 10.1. The molecule has 0 bridgehead atoms. The van der Waals surface area contributed by atoms with E-state index in [0.717, 1.165) is 13.1 Å². The lowest BCUT2D eigenvalue weighted by molar-refractivity contribution is 0.397. The fraction of sp³-hybridized carbons (Fsp3) is 0.786. The van der Waals surface area contributed by atoms with Gasteiger partial charge in [0.25, 0.3) is 0 Å². The first kappa shape index (κ1) is 12.6. The molecule has 1 saturated carbocycles. The number of rotatable bonds is 4. The second-order valence-corrected chi connectivity index (χ2v) is 5.13. The minimum absolute atomic E-state index is 0.646. The molecule has 1 aliphatic rings. The fourth-order valence-corrected chi connectivity index (χ4v) is 2.76. The van der Waals surface area contributed by atoms with Gasteiger partial charge in [0.2, 0.25) is 0 Å². The van der Waals surface area contributed by atoms with E-state index >= 15 is 0 Å². The lowest BCUT2D eigenvalue weighted by Crippen LogP contribution is -2.14. The fourth-order valence-electron chi connectivity index (χ4n) is 2.76. The number of nitrogens with zero attached hydrogens (tertiary/aromatic N) is 2. The molecular formula is C14H25N3. The first-order valence-electron chi connectivity index (χ1n) is 7.06. The van der Waals surface area contributed by atoms with Crippen molar-refractivity contribution < 1.29 is 0 Å². The molecule has 0 saturated heterocycles. The van der Waals surface area contributed by atoms with Crippen LogP contribution in [0.25, 0.3) is 0 Å². The van der Waals surface area contributed by atoms with Crippen LogP contribution in [-0.2, 0) is 6.54 Å². The van der Waals surface area contributed by atoms with Crippen LogP contribution in [0.5, 0.6) is 0 Å². The van der Waals surface area contributed by atoms with Crippen molar-refractivity contribution >= 4 is 0 Å². The highest BCUT2D eigenvalue weighted by molar-refractivity contribution is 5.16. The Bertz CT molecular complexity index is 335. The first-order valence-corrected chi connectivity index (χ1v) is 7.06. The molecule has 0 amide bonds. The monoisotopic (exact) mass is 235 g/mol. The summed E-state index contributed by atoms with van der Waals surface area (Å²) < 4.78 is 2.28. The first-order chi connectivity index (χ1) is 8.33. The molecule has 0 unspecified atom stereocenters. The molecule has 0 radical (unpaired) electrons. The number of hydrogen-bond acceptors (Lipinski definition) is 2. The van der Waals surface area contributed by atoms with Gasteiger partial charge in [-0.1, -0.05) is 32.6 Å². The minimum Gasteiger partial charge on any atom is -0.313 e. The molecule has 0 aromatic carbocycles. The Kier molecular flexibility index (Phi) is 4.60. The van der Waals surface area contributed by atoms with E-state index in [-0.39, 0.29) is 0 Å². The van der Waals surface area contributed by atoms with Crippen molar-refractivity contribution in [3.8, 4) is 0 Å². The zero-order valence-electron chi connectivity index (χ0n) is 11.2. The van der Waals surface area contributed by atoms with Crippen LogP contribution in [0.1, 0.15) is 62.7 Å². The molecule has 96 valence electrons. The van der Waals surface area contributed by atoms with Gasteiger partial charge in [-0.3, -0.25) is 4.68 Å². The summed E-state index contributed by atoms with van der Waals surface area (Å²) >= 11 is 0. The molecule has 1 aromatic heterocycles. The van der Waals surface area contributed by atoms with Crippen molar-refractivity contribution in [2.45, 2.75) is 65.0 Å². The van der Waals surface area contributed by atoms with E-state index in [4.69, 9.17) is 0 Å². The molecule has 1 heterocycles. The summed E-state index contributed by atoms with van der Waals surface area (Å²) in [7, 11) is 0. The molecular weight excluding hydrogens is 210 g/mol. The van der Waals surface area contributed by atoms with Crippen molar-refractivity contribution in [2.24, 2.45) is 0 Å². The molecule has 3 nitrogen and oxygen atoms in total. The maximum atomic E-state index is 4.61. The highest BCUT2D eigenvalue weighted by Gasteiger charge is 2.17. The molecule has 1 N–H and O–H groups in total.